The molecule has 1 aliphatic heterocycles. The van der Waals surface area contributed by atoms with E-state index in [9.17, 15) is 0 Å². The first-order chi connectivity index (χ1) is 8.79. The Kier molecular flexibility index (Phi) is 2.77. The topological polar surface area (TPSA) is 65.1 Å². The summed E-state index contributed by atoms with van der Waals surface area (Å²) in [6, 6.07) is 7.96. The Bertz CT molecular complexity index is 526. The molecule has 3 rings (SSSR count). The summed E-state index contributed by atoms with van der Waals surface area (Å²) >= 11 is 0. The largest absolute Gasteiger partial charge is 0.488 e. The Morgan fingerprint density at radius 2 is 2.33 bits per heavy atom. The first kappa shape index (κ1) is 11.3. The van der Waals surface area contributed by atoms with E-state index in [4.69, 9.17) is 10.6 Å². The van der Waals surface area contributed by atoms with Gasteiger partial charge in [-0.25, -0.2) is 10.4 Å². The van der Waals surface area contributed by atoms with Gasteiger partial charge in [-0.05, 0) is 11.6 Å². The molecule has 2 atom stereocenters. The Labute approximate surface area is 106 Å². The first-order valence-corrected chi connectivity index (χ1v) is 5.97. The third-order valence-corrected chi connectivity index (χ3v) is 3.36. The SMILES string of the molecule is Cn1ccnc1C(NN)C1Cc2ccccc2O1. The lowest BCUT2D eigenvalue weighted by atomic mass is 10.0. The Morgan fingerprint density at radius 1 is 1.50 bits per heavy atom. The Morgan fingerprint density at radius 3 is 3.00 bits per heavy atom. The van der Waals surface area contributed by atoms with Gasteiger partial charge >= 0.3 is 0 Å². The lowest BCUT2D eigenvalue weighted by Crippen LogP contribution is -2.40. The molecule has 0 fully saturated rings. The Balaban J connectivity index is 1.86. The van der Waals surface area contributed by atoms with Gasteiger partial charge in [-0.15, -0.1) is 0 Å². The third kappa shape index (κ3) is 1.77. The summed E-state index contributed by atoms with van der Waals surface area (Å²) in [5.41, 5.74) is 4.03. The number of rotatable bonds is 3. The molecule has 0 radical (unpaired) electrons. The second-order valence-electron chi connectivity index (χ2n) is 4.51. The molecule has 1 aliphatic rings. The van der Waals surface area contributed by atoms with Crippen LogP contribution in [0.15, 0.2) is 36.7 Å². The van der Waals surface area contributed by atoms with Crippen LogP contribution in [0.1, 0.15) is 17.4 Å². The number of fused-ring (bicyclic) bond motifs is 1. The molecule has 0 spiro atoms. The van der Waals surface area contributed by atoms with Crippen molar-refractivity contribution in [3.63, 3.8) is 0 Å². The lowest BCUT2D eigenvalue weighted by molar-refractivity contribution is 0.172. The minimum absolute atomic E-state index is 0.0199. The molecule has 0 amide bonds. The number of imidazole rings is 1. The summed E-state index contributed by atoms with van der Waals surface area (Å²) in [5.74, 6) is 7.49. The van der Waals surface area contributed by atoms with Crippen molar-refractivity contribution in [2.75, 3.05) is 0 Å². The van der Waals surface area contributed by atoms with E-state index in [0.29, 0.717) is 0 Å². The predicted octanol–water partition coefficient (Wildman–Crippen LogP) is 0.928. The van der Waals surface area contributed by atoms with Crippen molar-refractivity contribution >= 4 is 0 Å². The number of nitrogens with one attached hydrogen (secondary N) is 1. The molecular formula is C13H16N4O. The molecule has 5 heteroatoms. The molecule has 2 unspecified atom stereocenters. The van der Waals surface area contributed by atoms with Gasteiger partial charge in [0.2, 0.25) is 0 Å². The normalized spacial score (nSPS) is 19.3. The number of ether oxygens (including phenoxy) is 1. The van der Waals surface area contributed by atoms with Crippen LogP contribution in [0, 0.1) is 0 Å². The maximum Gasteiger partial charge on any atom is 0.130 e. The molecule has 0 saturated carbocycles. The van der Waals surface area contributed by atoms with Gasteiger partial charge in [-0.2, -0.15) is 0 Å². The molecule has 3 N–H and O–H groups in total. The zero-order valence-corrected chi connectivity index (χ0v) is 10.2. The van der Waals surface area contributed by atoms with E-state index >= 15 is 0 Å². The van der Waals surface area contributed by atoms with Crippen molar-refractivity contribution in [1.29, 1.82) is 0 Å². The lowest BCUT2D eigenvalue weighted by Gasteiger charge is -2.22. The van der Waals surface area contributed by atoms with Crippen LogP contribution in [0.25, 0.3) is 0 Å². The molecule has 0 saturated heterocycles. The summed E-state index contributed by atoms with van der Waals surface area (Å²) in [6.45, 7) is 0. The van der Waals surface area contributed by atoms with Crippen LogP contribution >= 0.6 is 0 Å². The summed E-state index contributed by atoms with van der Waals surface area (Å²) < 4.78 is 7.90. The van der Waals surface area contributed by atoms with Crippen molar-refractivity contribution in [3.05, 3.63) is 48.0 Å². The molecule has 1 aromatic carbocycles. The van der Waals surface area contributed by atoms with Gasteiger partial charge in [0.05, 0.1) is 0 Å². The number of nitrogens with zero attached hydrogens (tertiary/aromatic N) is 2. The number of hydrogen-bond acceptors (Lipinski definition) is 4. The number of hydrazine groups is 1. The van der Waals surface area contributed by atoms with Crippen LogP contribution in [0.2, 0.25) is 0 Å². The highest BCUT2D eigenvalue weighted by molar-refractivity contribution is 5.38. The van der Waals surface area contributed by atoms with Crippen LogP contribution in [0.3, 0.4) is 0 Å². The van der Waals surface area contributed by atoms with E-state index in [-0.39, 0.29) is 12.1 Å². The molecule has 94 valence electrons. The number of para-hydroxylation sites is 1. The quantitative estimate of drug-likeness (QED) is 0.622. The van der Waals surface area contributed by atoms with E-state index in [2.05, 4.69) is 16.5 Å². The van der Waals surface area contributed by atoms with Crippen LogP contribution in [0.5, 0.6) is 5.75 Å². The van der Waals surface area contributed by atoms with E-state index in [1.165, 1.54) is 5.56 Å². The zero-order chi connectivity index (χ0) is 12.5. The molecule has 18 heavy (non-hydrogen) atoms. The average molecular weight is 244 g/mol. The van der Waals surface area contributed by atoms with Crippen molar-refractivity contribution in [1.82, 2.24) is 15.0 Å². The second-order valence-corrected chi connectivity index (χ2v) is 4.51. The fourth-order valence-corrected chi connectivity index (χ4v) is 2.42. The number of aryl methyl sites for hydroxylation is 1. The molecule has 1 aromatic heterocycles. The van der Waals surface area contributed by atoms with Crippen molar-refractivity contribution in [3.8, 4) is 5.75 Å². The standard InChI is InChI=1S/C13H16N4O/c1-17-7-6-15-13(17)12(16-14)11-8-9-4-2-3-5-10(9)18-11/h2-7,11-12,16H,8,14H2,1H3. The average Bonchev–Trinajstić information content (AvgIpc) is 2.97. The number of nitrogens with two attached hydrogens (primary N) is 1. The summed E-state index contributed by atoms with van der Waals surface area (Å²) in [5, 5.41) is 0. The van der Waals surface area contributed by atoms with Crippen molar-refractivity contribution in [2.45, 2.75) is 18.6 Å². The highest BCUT2D eigenvalue weighted by Crippen LogP contribution is 2.33. The van der Waals surface area contributed by atoms with E-state index in [0.717, 1.165) is 18.0 Å². The van der Waals surface area contributed by atoms with Crippen LogP contribution < -0.4 is 16.0 Å². The van der Waals surface area contributed by atoms with Crippen LogP contribution in [0.4, 0.5) is 0 Å². The van der Waals surface area contributed by atoms with Gasteiger partial charge in [0.15, 0.2) is 0 Å². The van der Waals surface area contributed by atoms with Gasteiger partial charge in [0.1, 0.15) is 23.7 Å². The second kappa shape index (κ2) is 4.44. The van der Waals surface area contributed by atoms with Gasteiger partial charge in [-0.1, -0.05) is 18.2 Å². The highest BCUT2D eigenvalue weighted by Gasteiger charge is 2.32. The summed E-state index contributed by atoms with van der Waals surface area (Å²) in [4.78, 5) is 4.33. The first-order valence-electron chi connectivity index (χ1n) is 5.97. The monoisotopic (exact) mass is 244 g/mol. The van der Waals surface area contributed by atoms with E-state index in [1.807, 2.05) is 36.0 Å². The fourth-order valence-electron chi connectivity index (χ4n) is 2.42. The minimum atomic E-state index is -0.114. The van der Waals surface area contributed by atoms with E-state index < -0.39 is 0 Å². The molecule has 2 aromatic rings. The van der Waals surface area contributed by atoms with Gasteiger partial charge in [-0.3, -0.25) is 5.84 Å². The minimum Gasteiger partial charge on any atom is -0.488 e. The van der Waals surface area contributed by atoms with Gasteiger partial charge in [0, 0.05) is 25.9 Å². The van der Waals surface area contributed by atoms with Crippen molar-refractivity contribution in [2.24, 2.45) is 12.9 Å². The van der Waals surface area contributed by atoms with Crippen LogP contribution in [-0.2, 0) is 13.5 Å². The maximum absolute atomic E-state index is 5.94. The highest BCUT2D eigenvalue weighted by atomic mass is 16.5. The van der Waals surface area contributed by atoms with E-state index in [1.54, 1.807) is 6.20 Å². The van der Waals surface area contributed by atoms with Crippen molar-refractivity contribution < 1.29 is 4.74 Å². The third-order valence-electron chi connectivity index (χ3n) is 3.36. The van der Waals surface area contributed by atoms with Crippen LogP contribution in [-0.4, -0.2) is 15.7 Å². The molecule has 5 nitrogen and oxygen atoms in total. The number of aromatic nitrogens is 2. The summed E-state index contributed by atoms with van der Waals surface area (Å²) in [7, 11) is 1.95. The predicted molar refractivity (Wildman–Crippen MR) is 67.8 cm³/mol. The number of benzene rings is 1. The van der Waals surface area contributed by atoms with Gasteiger partial charge < -0.3 is 9.30 Å². The number of hydrogen-bond donors (Lipinski definition) is 2. The maximum atomic E-state index is 5.94. The molecule has 0 bridgehead atoms. The molecule has 2 heterocycles. The molecule has 0 aliphatic carbocycles. The molecular weight excluding hydrogens is 228 g/mol. The van der Waals surface area contributed by atoms with Gasteiger partial charge in [0.25, 0.3) is 0 Å². The smallest absolute Gasteiger partial charge is 0.130 e. The zero-order valence-electron chi connectivity index (χ0n) is 10.2. The summed E-state index contributed by atoms with van der Waals surface area (Å²) in [6.07, 6.45) is 4.50. The Hall–Kier alpha value is -1.85. The fraction of sp³-hybridized carbons (Fsp3) is 0.308.